The lowest BCUT2D eigenvalue weighted by Gasteiger charge is -2.45. The van der Waals surface area contributed by atoms with Crippen LogP contribution in [-0.4, -0.2) is 43.0 Å². The molecule has 2 rings (SSSR count). The number of amides is 1. The number of rotatable bonds is 5. The molecule has 0 aromatic carbocycles. The molecule has 2 fully saturated rings. The van der Waals surface area contributed by atoms with Crippen LogP contribution in [0.3, 0.4) is 0 Å². The zero-order valence-electron chi connectivity index (χ0n) is 14.0. The average molecular weight is 295 g/mol. The predicted molar refractivity (Wildman–Crippen MR) is 87.0 cm³/mol. The first-order valence-corrected chi connectivity index (χ1v) is 8.63. The lowest BCUT2D eigenvalue weighted by Crippen LogP contribution is -2.55. The van der Waals surface area contributed by atoms with E-state index < -0.39 is 0 Å². The van der Waals surface area contributed by atoms with E-state index in [-0.39, 0.29) is 17.5 Å². The fourth-order valence-electron chi connectivity index (χ4n) is 4.25. The summed E-state index contributed by atoms with van der Waals surface area (Å²) in [5.74, 6) is 1.34. The zero-order chi connectivity index (χ0) is 15.5. The van der Waals surface area contributed by atoms with Gasteiger partial charge in [0.2, 0.25) is 5.91 Å². The standard InChI is InChI=1S/C17H33N3O/c1-13-6-5-9-17(11-13,20(2)3)12-19-16(21)10-14-7-4-8-15(14)18/h13-15H,4-12,18H2,1-3H3,(H,19,21)/t13?,14-,15+,17?/m0/s1. The second kappa shape index (κ2) is 7.10. The highest BCUT2D eigenvalue weighted by atomic mass is 16.1. The van der Waals surface area contributed by atoms with E-state index in [9.17, 15) is 4.79 Å². The lowest BCUT2D eigenvalue weighted by atomic mass is 9.75. The number of carbonyl (C=O) groups excluding carboxylic acids is 1. The smallest absolute Gasteiger partial charge is 0.220 e. The SMILES string of the molecule is CC1CCCC(CNC(=O)C[C@@H]2CCC[C@H]2N)(N(C)C)C1. The molecule has 3 N–H and O–H groups in total. The Balaban J connectivity index is 1.85. The lowest BCUT2D eigenvalue weighted by molar-refractivity contribution is -0.122. The second-order valence-electron chi connectivity index (χ2n) is 7.66. The Morgan fingerprint density at radius 2 is 2.05 bits per heavy atom. The molecule has 2 saturated carbocycles. The van der Waals surface area contributed by atoms with Crippen LogP contribution >= 0.6 is 0 Å². The highest BCUT2D eigenvalue weighted by Gasteiger charge is 2.37. The molecule has 4 heteroatoms. The molecule has 0 saturated heterocycles. The molecule has 21 heavy (non-hydrogen) atoms. The Bertz CT molecular complexity index is 358. The minimum atomic E-state index is 0.144. The van der Waals surface area contributed by atoms with E-state index in [0.717, 1.165) is 25.3 Å². The van der Waals surface area contributed by atoms with Crippen LogP contribution in [0, 0.1) is 11.8 Å². The molecule has 0 heterocycles. The van der Waals surface area contributed by atoms with Crippen LogP contribution in [0.4, 0.5) is 0 Å². The first kappa shape index (κ1) is 16.8. The van der Waals surface area contributed by atoms with E-state index in [2.05, 4.69) is 31.2 Å². The van der Waals surface area contributed by atoms with Gasteiger partial charge in [-0.25, -0.2) is 0 Å². The maximum atomic E-state index is 12.2. The van der Waals surface area contributed by atoms with Crippen molar-refractivity contribution in [3.8, 4) is 0 Å². The maximum absolute atomic E-state index is 12.2. The van der Waals surface area contributed by atoms with E-state index in [4.69, 9.17) is 5.73 Å². The number of likely N-dealkylation sites (N-methyl/N-ethyl adjacent to an activating group) is 1. The maximum Gasteiger partial charge on any atom is 0.220 e. The first-order chi connectivity index (χ1) is 9.93. The molecule has 2 unspecified atom stereocenters. The van der Waals surface area contributed by atoms with Gasteiger partial charge in [0.25, 0.3) is 0 Å². The van der Waals surface area contributed by atoms with Crippen LogP contribution < -0.4 is 11.1 Å². The Morgan fingerprint density at radius 1 is 1.29 bits per heavy atom. The molecule has 4 atom stereocenters. The van der Waals surface area contributed by atoms with Crippen molar-refractivity contribution in [2.24, 2.45) is 17.6 Å². The van der Waals surface area contributed by atoms with Gasteiger partial charge in [0.05, 0.1) is 0 Å². The Labute approximate surface area is 129 Å². The van der Waals surface area contributed by atoms with E-state index in [1.165, 1.54) is 32.1 Å². The van der Waals surface area contributed by atoms with Gasteiger partial charge in [-0.05, 0) is 51.6 Å². The predicted octanol–water partition coefficient (Wildman–Crippen LogP) is 2.13. The molecular formula is C17H33N3O. The van der Waals surface area contributed by atoms with Crippen LogP contribution in [0.2, 0.25) is 0 Å². The largest absolute Gasteiger partial charge is 0.354 e. The first-order valence-electron chi connectivity index (χ1n) is 8.63. The fourth-order valence-corrected chi connectivity index (χ4v) is 4.25. The van der Waals surface area contributed by atoms with Gasteiger partial charge in [0.15, 0.2) is 0 Å². The van der Waals surface area contributed by atoms with Crippen molar-refractivity contribution in [2.75, 3.05) is 20.6 Å². The van der Waals surface area contributed by atoms with Crippen molar-refractivity contribution in [2.45, 2.75) is 69.9 Å². The molecule has 4 nitrogen and oxygen atoms in total. The quantitative estimate of drug-likeness (QED) is 0.817. The highest BCUT2D eigenvalue weighted by molar-refractivity contribution is 5.76. The molecule has 2 aliphatic carbocycles. The number of nitrogens with two attached hydrogens (primary N) is 1. The van der Waals surface area contributed by atoms with Gasteiger partial charge in [-0.2, -0.15) is 0 Å². The monoisotopic (exact) mass is 295 g/mol. The van der Waals surface area contributed by atoms with Gasteiger partial charge in [-0.15, -0.1) is 0 Å². The van der Waals surface area contributed by atoms with Gasteiger partial charge in [-0.1, -0.05) is 26.2 Å². The van der Waals surface area contributed by atoms with Crippen LogP contribution in [0.15, 0.2) is 0 Å². The summed E-state index contributed by atoms with van der Waals surface area (Å²) < 4.78 is 0. The van der Waals surface area contributed by atoms with Crippen LogP contribution in [-0.2, 0) is 4.79 Å². The van der Waals surface area contributed by atoms with Crippen molar-refractivity contribution in [3.63, 3.8) is 0 Å². The van der Waals surface area contributed by atoms with Gasteiger partial charge < -0.3 is 16.0 Å². The third-order valence-electron chi connectivity index (χ3n) is 5.80. The summed E-state index contributed by atoms with van der Waals surface area (Å²) in [4.78, 5) is 14.6. The molecule has 2 aliphatic rings. The van der Waals surface area contributed by atoms with Crippen molar-refractivity contribution in [1.29, 1.82) is 0 Å². The van der Waals surface area contributed by atoms with Crippen molar-refractivity contribution in [1.82, 2.24) is 10.2 Å². The summed E-state index contributed by atoms with van der Waals surface area (Å²) in [5.41, 5.74) is 6.21. The summed E-state index contributed by atoms with van der Waals surface area (Å²) in [7, 11) is 4.30. The Kier molecular flexibility index (Phi) is 5.67. The van der Waals surface area contributed by atoms with Crippen LogP contribution in [0.5, 0.6) is 0 Å². The highest BCUT2D eigenvalue weighted by Crippen LogP contribution is 2.35. The topological polar surface area (TPSA) is 58.4 Å². The molecule has 0 aromatic rings. The number of hydrogen-bond donors (Lipinski definition) is 2. The summed E-state index contributed by atoms with van der Waals surface area (Å²) in [6.07, 6.45) is 8.94. The minimum absolute atomic E-state index is 0.144. The van der Waals surface area contributed by atoms with Crippen molar-refractivity contribution >= 4 is 5.91 Å². The molecule has 1 amide bonds. The van der Waals surface area contributed by atoms with Gasteiger partial charge in [0, 0.05) is 24.5 Å². The van der Waals surface area contributed by atoms with E-state index in [0.29, 0.717) is 12.3 Å². The van der Waals surface area contributed by atoms with Crippen LogP contribution in [0.1, 0.15) is 58.3 Å². The van der Waals surface area contributed by atoms with E-state index >= 15 is 0 Å². The number of nitrogens with zero attached hydrogens (tertiary/aromatic N) is 1. The third-order valence-corrected chi connectivity index (χ3v) is 5.80. The van der Waals surface area contributed by atoms with E-state index in [1.54, 1.807) is 0 Å². The molecular weight excluding hydrogens is 262 g/mol. The molecule has 0 radical (unpaired) electrons. The van der Waals surface area contributed by atoms with Gasteiger partial charge >= 0.3 is 0 Å². The van der Waals surface area contributed by atoms with Crippen molar-refractivity contribution < 1.29 is 4.79 Å². The number of carbonyl (C=O) groups is 1. The Morgan fingerprint density at radius 3 is 2.62 bits per heavy atom. The third kappa shape index (κ3) is 4.19. The second-order valence-corrected chi connectivity index (χ2v) is 7.66. The fraction of sp³-hybridized carbons (Fsp3) is 0.941. The zero-order valence-corrected chi connectivity index (χ0v) is 14.0. The number of nitrogens with one attached hydrogen (secondary N) is 1. The summed E-state index contributed by atoms with van der Waals surface area (Å²) in [6.45, 7) is 3.11. The molecule has 0 aromatic heterocycles. The number of hydrogen-bond acceptors (Lipinski definition) is 3. The Hall–Kier alpha value is -0.610. The average Bonchev–Trinajstić information content (AvgIpc) is 2.82. The molecule has 0 spiro atoms. The summed E-state index contributed by atoms with van der Waals surface area (Å²) >= 11 is 0. The minimum Gasteiger partial charge on any atom is -0.354 e. The van der Waals surface area contributed by atoms with Gasteiger partial charge in [-0.3, -0.25) is 4.79 Å². The summed E-state index contributed by atoms with van der Waals surface area (Å²) in [6, 6.07) is 0.230. The van der Waals surface area contributed by atoms with Crippen LogP contribution in [0.25, 0.3) is 0 Å². The van der Waals surface area contributed by atoms with E-state index in [1.807, 2.05) is 0 Å². The molecule has 0 aliphatic heterocycles. The summed E-state index contributed by atoms with van der Waals surface area (Å²) in [5, 5.41) is 3.21. The van der Waals surface area contributed by atoms with Crippen molar-refractivity contribution in [3.05, 3.63) is 0 Å². The van der Waals surface area contributed by atoms with Gasteiger partial charge in [0.1, 0.15) is 0 Å². The molecule has 0 bridgehead atoms. The normalized spacial score (nSPS) is 36.9. The molecule has 122 valence electrons.